The van der Waals surface area contributed by atoms with Gasteiger partial charge >= 0.3 is 6.09 Å². The Morgan fingerprint density at radius 1 is 1.42 bits per heavy atom. The number of nitrogens with one attached hydrogen (secondary N) is 2. The van der Waals surface area contributed by atoms with Crippen molar-refractivity contribution in [1.82, 2.24) is 15.2 Å². The number of benzene rings is 1. The number of thioether (sulfide) groups is 1. The van der Waals surface area contributed by atoms with E-state index in [4.69, 9.17) is 10.5 Å². The molecule has 9 heteroatoms. The lowest BCUT2D eigenvalue weighted by atomic mass is 10.0. The maximum Gasteiger partial charge on any atom is 0.417 e. The van der Waals surface area contributed by atoms with Crippen LogP contribution in [-0.2, 0) is 11.2 Å². The number of fused-ring (bicyclic) bond motifs is 1. The first-order valence-electron chi connectivity index (χ1n) is 10.0. The van der Waals surface area contributed by atoms with Gasteiger partial charge in [-0.2, -0.15) is 5.26 Å². The summed E-state index contributed by atoms with van der Waals surface area (Å²) >= 11 is 1.55. The Kier molecular flexibility index (Phi) is 6.30. The maximum atomic E-state index is 12.7. The van der Waals surface area contributed by atoms with Gasteiger partial charge in [0.25, 0.3) is 0 Å². The van der Waals surface area contributed by atoms with Crippen molar-refractivity contribution in [2.45, 2.75) is 31.3 Å². The van der Waals surface area contributed by atoms with Crippen LogP contribution in [0.25, 0.3) is 10.9 Å². The highest BCUT2D eigenvalue weighted by molar-refractivity contribution is 7.99. The van der Waals surface area contributed by atoms with Gasteiger partial charge in [0.05, 0.1) is 18.0 Å². The normalized spacial score (nSPS) is 19.0. The molecule has 2 heterocycles. The Balaban J connectivity index is 1.45. The van der Waals surface area contributed by atoms with Gasteiger partial charge in [-0.15, -0.1) is 11.8 Å². The lowest BCUT2D eigenvalue weighted by Gasteiger charge is -2.22. The fourth-order valence-corrected chi connectivity index (χ4v) is 4.74. The molecule has 31 heavy (non-hydrogen) atoms. The molecule has 1 saturated heterocycles. The molecule has 2 aromatic rings. The van der Waals surface area contributed by atoms with Crippen LogP contribution in [-0.4, -0.2) is 45.6 Å². The average molecular weight is 438 g/mol. The Morgan fingerprint density at radius 3 is 3.06 bits per heavy atom. The van der Waals surface area contributed by atoms with Crippen LogP contribution < -0.4 is 15.8 Å². The molecule has 0 radical (unpaired) electrons. The summed E-state index contributed by atoms with van der Waals surface area (Å²) in [4.78, 5) is 29.6. The van der Waals surface area contributed by atoms with E-state index in [2.05, 4.69) is 16.4 Å². The van der Waals surface area contributed by atoms with E-state index in [0.29, 0.717) is 23.8 Å². The number of nitrogens with zero attached hydrogens (tertiary/aromatic N) is 2. The summed E-state index contributed by atoms with van der Waals surface area (Å²) in [6.45, 7) is 0. The van der Waals surface area contributed by atoms with Crippen molar-refractivity contribution in [3.05, 3.63) is 53.9 Å². The van der Waals surface area contributed by atoms with Crippen molar-refractivity contribution in [2.24, 2.45) is 5.73 Å². The Bertz CT molecular complexity index is 1100. The summed E-state index contributed by atoms with van der Waals surface area (Å²) in [5.41, 5.74) is 8.61. The number of nitriles is 1. The van der Waals surface area contributed by atoms with Gasteiger partial charge in [-0.25, -0.2) is 4.79 Å². The zero-order valence-electron chi connectivity index (χ0n) is 16.8. The molecular formula is C22H23N5O3S. The fraction of sp³-hybridized carbons (Fsp3) is 0.318. The van der Waals surface area contributed by atoms with Gasteiger partial charge in [0.2, 0.25) is 5.91 Å². The minimum atomic E-state index is -0.758. The van der Waals surface area contributed by atoms with Crippen LogP contribution in [0, 0.1) is 11.3 Å². The van der Waals surface area contributed by atoms with Gasteiger partial charge in [-0.3, -0.25) is 10.1 Å². The molecule has 8 nitrogen and oxygen atoms in total. The largest absolute Gasteiger partial charge is 0.417 e. The van der Waals surface area contributed by atoms with E-state index in [0.717, 1.165) is 35.0 Å². The number of allylic oxidation sites excluding steroid dienone is 3. The molecule has 2 atom stereocenters. The number of carbonyl (C=O) groups excluding carboxylic acids is 2. The number of carbonyl (C=O) groups is 2. The van der Waals surface area contributed by atoms with Gasteiger partial charge in [0, 0.05) is 28.5 Å². The predicted octanol–water partition coefficient (Wildman–Crippen LogP) is 2.79. The number of amides is 2. The van der Waals surface area contributed by atoms with Gasteiger partial charge < -0.3 is 20.4 Å². The molecule has 0 bridgehead atoms. The lowest BCUT2D eigenvalue weighted by Crippen LogP contribution is -2.47. The van der Waals surface area contributed by atoms with E-state index in [1.807, 2.05) is 24.3 Å². The zero-order chi connectivity index (χ0) is 21.8. The number of ether oxygens (including phenoxy) is 1. The number of aromatic nitrogens is 1. The molecule has 160 valence electrons. The van der Waals surface area contributed by atoms with Crippen LogP contribution in [0.5, 0.6) is 5.75 Å². The van der Waals surface area contributed by atoms with Gasteiger partial charge in [-0.1, -0.05) is 12.2 Å². The molecule has 0 saturated carbocycles. The summed E-state index contributed by atoms with van der Waals surface area (Å²) in [6, 6.07) is 6.24. The quantitative estimate of drug-likeness (QED) is 0.661. The van der Waals surface area contributed by atoms with Gasteiger partial charge in [0.15, 0.2) is 0 Å². The van der Waals surface area contributed by atoms with E-state index in [9.17, 15) is 14.9 Å². The number of rotatable bonds is 5. The van der Waals surface area contributed by atoms with Crippen molar-refractivity contribution in [3.8, 4) is 11.8 Å². The molecule has 1 aliphatic heterocycles. The summed E-state index contributed by atoms with van der Waals surface area (Å²) in [7, 11) is 0. The second-order valence-electron chi connectivity index (χ2n) is 7.44. The summed E-state index contributed by atoms with van der Waals surface area (Å²) in [6.07, 6.45) is 9.20. The monoisotopic (exact) mass is 437 g/mol. The van der Waals surface area contributed by atoms with E-state index in [1.54, 1.807) is 30.1 Å². The van der Waals surface area contributed by atoms with Crippen LogP contribution in [0.4, 0.5) is 4.79 Å². The van der Waals surface area contributed by atoms with E-state index in [1.165, 1.54) is 4.90 Å². The maximum absolute atomic E-state index is 12.7. The van der Waals surface area contributed by atoms with Crippen LogP contribution in [0.15, 0.2) is 48.3 Å². The topological polar surface area (TPSA) is 124 Å². The number of aromatic amines is 1. The molecular weight excluding hydrogens is 414 g/mol. The highest BCUT2D eigenvalue weighted by Crippen LogP contribution is 2.26. The standard InChI is InChI=1S/C22H23N5O3S/c23-10-16-12-31-13-27(16)21(28)19(24)8-14-11-25-20-7-6-17(9-18(14)20)30-22(29)26-15-4-2-1-3-5-15/h2,4-7,9,11,16,19,25H,1,3,8,12-13,24H2,(H,26,29)/t16?,19-/m0/s1. The smallest absolute Gasteiger partial charge is 0.410 e. The minimum absolute atomic E-state index is 0.230. The SMILES string of the molecule is N#CC1CSCN1C(=O)[C@@H](N)Cc1c[nH]c2ccc(OC(=O)NC3=CCCC=C3)cc12. The first-order chi connectivity index (χ1) is 15.0. The van der Waals surface area contributed by atoms with Gasteiger partial charge in [0.1, 0.15) is 11.8 Å². The highest BCUT2D eigenvalue weighted by atomic mass is 32.2. The number of nitrogens with two attached hydrogens (primary N) is 1. The van der Waals surface area contributed by atoms with E-state index < -0.39 is 18.2 Å². The third-order valence-electron chi connectivity index (χ3n) is 5.26. The highest BCUT2D eigenvalue weighted by Gasteiger charge is 2.32. The minimum Gasteiger partial charge on any atom is -0.410 e. The third-order valence-corrected chi connectivity index (χ3v) is 6.27. The Hall–Kier alpha value is -3.22. The zero-order valence-corrected chi connectivity index (χ0v) is 17.7. The predicted molar refractivity (Wildman–Crippen MR) is 119 cm³/mol. The number of hydrogen-bond acceptors (Lipinski definition) is 6. The molecule has 1 aromatic carbocycles. The van der Waals surface area contributed by atoms with Gasteiger partial charge in [-0.05, 0) is 49.1 Å². The average Bonchev–Trinajstić information content (AvgIpc) is 3.41. The van der Waals surface area contributed by atoms with Crippen LogP contribution in [0.2, 0.25) is 0 Å². The lowest BCUT2D eigenvalue weighted by molar-refractivity contribution is -0.132. The molecule has 2 amide bonds. The third kappa shape index (κ3) is 4.76. The molecule has 1 fully saturated rings. The van der Waals surface area contributed by atoms with E-state index >= 15 is 0 Å². The summed E-state index contributed by atoms with van der Waals surface area (Å²) in [5.74, 6) is 1.26. The van der Waals surface area contributed by atoms with Crippen molar-refractivity contribution in [2.75, 3.05) is 11.6 Å². The first kappa shape index (κ1) is 21.0. The fourth-order valence-electron chi connectivity index (χ4n) is 3.65. The molecule has 4 rings (SSSR count). The van der Waals surface area contributed by atoms with E-state index in [-0.39, 0.29) is 5.91 Å². The van der Waals surface area contributed by atoms with Crippen molar-refractivity contribution < 1.29 is 14.3 Å². The second-order valence-corrected chi connectivity index (χ2v) is 8.44. The van der Waals surface area contributed by atoms with Crippen molar-refractivity contribution >= 4 is 34.7 Å². The van der Waals surface area contributed by atoms with Crippen molar-refractivity contribution in [1.29, 1.82) is 5.26 Å². The van der Waals surface area contributed by atoms with Crippen molar-refractivity contribution in [3.63, 3.8) is 0 Å². The molecule has 2 aliphatic rings. The Labute approximate surface area is 184 Å². The number of hydrogen-bond donors (Lipinski definition) is 3. The molecule has 1 unspecified atom stereocenters. The van der Waals surface area contributed by atoms with Crippen LogP contribution >= 0.6 is 11.8 Å². The van der Waals surface area contributed by atoms with Crippen LogP contribution in [0.1, 0.15) is 18.4 Å². The molecule has 1 aliphatic carbocycles. The summed E-state index contributed by atoms with van der Waals surface area (Å²) < 4.78 is 5.43. The second kappa shape index (κ2) is 9.29. The Morgan fingerprint density at radius 2 is 2.29 bits per heavy atom. The van der Waals surface area contributed by atoms with Crippen LogP contribution in [0.3, 0.4) is 0 Å². The molecule has 0 spiro atoms. The summed E-state index contributed by atoms with van der Waals surface area (Å²) in [5, 5.41) is 12.8. The first-order valence-corrected chi connectivity index (χ1v) is 11.2. The molecule has 1 aromatic heterocycles. The number of H-pyrrole nitrogens is 1. The molecule has 4 N–H and O–H groups in total.